The summed E-state index contributed by atoms with van der Waals surface area (Å²) in [6, 6.07) is 7.98. The van der Waals surface area contributed by atoms with Gasteiger partial charge in [-0.25, -0.2) is 0 Å². The van der Waals surface area contributed by atoms with Crippen LogP contribution in [-0.4, -0.2) is 29.0 Å². The van der Waals surface area contributed by atoms with Gasteiger partial charge in [-0.05, 0) is 49.9 Å². The lowest BCUT2D eigenvalue weighted by Gasteiger charge is -2.20. The average Bonchev–Trinajstić information content (AvgIpc) is 2.73. The van der Waals surface area contributed by atoms with Crippen LogP contribution < -0.4 is 5.73 Å². The molecule has 1 aliphatic heterocycles. The van der Waals surface area contributed by atoms with E-state index in [1.165, 1.54) is 50.8 Å². The molecule has 0 amide bonds. The van der Waals surface area contributed by atoms with Crippen LogP contribution in [0.4, 0.5) is 0 Å². The third-order valence-electron chi connectivity index (χ3n) is 4.37. The standard InChI is InChI=1S/C17H27N3O/c1-2-5-14-7-4-10-20(11-9-14)13-15-6-3-8-16(12-15)17(18)19-21/h3,6,8,12,14,21H,2,4-5,7,9-11,13H2,1H3,(H2,18,19). The molecular formula is C17H27N3O. The maximum absolute atomic E-state index is 8.77. The Hall–Kier alpha value is -1.55. The van der Waals surface area contributed by atoms with Gasteiger partial charge in [0.15, 0.2) is 5.84 Å². The predicted molar refractivity (Wildman–Crippen MR) is 86.5 cm³/mol. The first-order valence-electron chi connectivity index (χ1n) is 8.02. The molecule has 0 spiro atoms. The number of rotatable bonds is 5. The first-order valence-corrected chi connectivity index (χ1v) is 8.02. The zero-order valence-corrected chi connectivity index (χ0v) is 13.0. The molecule has 1 aromatic carbocycles. The second-order valence-electron chi connectivity index (χ2n) is 6.05. The second kappa shape index (κ2) is 8.03. The highest BCUT2D eigenvalue weighted by atomic mass is 16.4. The molecule has 0 aliphatic carbocycles. The third kappa shape index (κ3) is 4.74. The second-order valence-corrected chi connectivity index (χ2v) is 6.05. The van der Waals surface area contributed by atoms with Crippen LogP contribution in [0.25, 0.3) is 0 Å². The van der Waals surface area contributed by atoms with E-state index in [1.807, 2.05) is 18.2 Å². The van der Waals surface area contributed by atoms with E-state index in [1.54, 1.807) is 0 Å². The molecule has 0 radical (unpaired) electrons. The minimum absolute atomic E-state index is 0.177. The first-order chi connectivity index (χ1) is 10.2. The van der Waals surface area contributed by atoms with Crippen LogP contribution in [0.5, 0.6) is 0 Å². The minimum atomic E-state index is 0.177. The highest BCUT2D eigenvalue weighted by Crippen LogP contribution is 2.23. The van der Waals surface area contributed by atoms with Crippen molar-refractivity contribution in [2.75, 3.05) is 13.1 Å². The first kappa shape index (κ1) is 15.8. The number of likely N-dealkylation sites (tertiary alicyclic amines) is 1. The average molecular weight is 289 g/mol. The molecule has 1 fully saturated rings. The molecule has 116 valence electrons. The molecule has 1 saturated heterocycles. The number of benzene rings is 1. The van der Waals surface area contributed by atoms with Crippen molar-refractivity contribution in [3.8, 4) is 0 Å². The molecule has 1 aliphatic rings. The van der Waals surface area contributed by atoms with Crippen molar-refractivity contribution in [3.63, 3.8) is 0 Å². The Bertz CT molecular complexity index is 473. The summed E-state index contributed by atoms with van der Waals surface area (Å²) in [5, 5.41) is 11.8. The van der Waals surface area contributed by atoms with E-state index in [2.05, 4.69) is 23.0 Å². The lowest BCUT2D eigenvalue weighted by Crippen LogP contribution is -2.24. The van der Waals surface area contributed by atoms with Gasteiger partial charge in [0.25, 0.3) is 0 Å². The smallest absolute Gasteiger partial charge is 0.170 e. The van der Waals surface area contributed by atoms with Gasteiger partial charge >= 0.3 is 0 Å². The molecule has 3 N–H and O–H groups in total. The lowest BCUT2D eigenvalue weighted by molar-refractivity contribution is 0.271. The Kier molecular flexibility index (Phi) is 6.05. The van der Waals surface area contributed by atoms with Gasteiger partial charge in [-0.3, -0.25) is 4.90 Å². The number of hydrogen-bond acceptors (Lipinski definition) is 3. The van der Waals surface area contributed by atoms with Crippen molar-refractivity contribution in [1.82, 2.24) is 4.90 Å². The Morgan fingerprint density at radius 1 is 1.38 bits per heavy atom. The Morgan fingerprint density at radius 2 is 2.24 bits per heavy atom. The molecule has 0 saturated carbocycles. The number of oxime groups is 1. The van der Waals surface area contributed by atoms with E-state index in [4.69, 9.17) is 10.9 Å². The maximum atomic E-state index is 8.77. The van der Waals surface area contributed by atoms with Crippen molar-refractivity contribution in [2.45, 2.75) is 45.6 Å². The highest BCUT2D eigenvalue weighted by Gasteiger charge is 2.16. The SMILES string of the molecule is CCCC1CCCN(Cc2cccc(C(N)=NO)c2)CC1. The quantitative estimate of drug-likeness (QED) is 0.379. The molecule has 1 aromatic rings. The van der Waals surface area contributed by atoms with Crippen molar-refractivity contribution < 1.29 is 5.21 Å². The van der Waals surface area contributed by atoms with Gasteiger partial charge in [0.2, 0.25) is 0 Å². The van der Waals surface area contributed by atoms with Crippen LogP contribution in [0.3, 0.4) is 0 Å². The lowest BCUT2D eigenvalue weighted by atomic mass is 9.96. The van der Waals surface area contributed by atoms with E-state index in [9.17, 15) is 0 Å². The zero-order chi connectivity index (χ0) is 15.1. The largest absolute Gasteiger partial charge is 0.409 e. The molecule has 1 unspecified atom stereocenters. The van der Waals surface area contributed by atoms with Crippen LogP contribution in [0.15, 0.2) is 29.4 Å². The van der Waals surface area contributed by atoms with Crippen molar-refractivity contribution in [3.05, 3.63) is 35.4 Å². The van der Waals surface area contributed by atoms with Crippen LogP contribution in [-0.2, 0) is 6.54 Å². The van der Waals surface area contributed by atoms with Gasteiger partial charge in [0.05, 0.1) is 0 Å². The number of hydrogen-bond donors (Lipinski definition) is 2. The topological polar surface area (TPSA) is 61.8 Å². The fourth-order valence-corrected chi connectivity index (χ4v) is 3.22. The zero-order valence-electron chi connectivity index (χ0n) is 13.0. The van der Waals surface area contributed by atoms with Crippen LogP contribution in [0, 0.1) is 5.92 Å². The van der Waals surface area contributed by atoms with E-state index in [-0.39, 0.29) is 5.84 Å². The summed E-state index contributed by atoms with van der Waals surface area (Å²) in [4.78, 5) is 2.53. The Labute approximate surface area is 127 Å². The van der Waals surface area contributed by atoms with Gasteiger partial charge in [0.1, 0.15) is 0 Å². The molecule has 0 bridgehead atoms. The summed E-state index contributed by atoms with van der Waals surface area (Å²) in [6.45, 7) is 5.58. The van der Waals surface area contributed by atoms with Gasteiger partial charge in [-0.2, -0.15) is 0 Å². The monoisotopic (exact) mass is 289 g/mol. The van der Waals surface area contributed by atoms with Gasteiger partial charge in [0, 0.05) is 12.1 Å². The Morgan fingerprint density at radius 3 is 3.00 bits per heavy atom. The Balaban J connectivity index is 1.95. The predicted octanol–water partition coefficient (Wildman–Crippen LogP) is 3.18. The summed E-state index contributed by atoms with van der Waals surface area (Å²) < 4.78 is 0. The van der Waals surface area contributed by atoms with Crippen molar-refractivity contribution >= 4 is 5.84 Å². The highest BCUT2D eigenvalue weighted by molar-refractivity contribution is 5.97. The molecule has 1 heterocycles. The van der Waals surface area contributed by atoms with Crippen LogP contribution >= 0.6 is 0 Å². The van der Waals surface area contributed by atoms with Crippen LogP contribution in [0.2, 0.25) is 0 Å². The van der Waals surface area contributed by atoms with E-state index >= 15 is 0 Å². The summed E-state index contributed by atoms with van der Waals surface area (Å²) in [7, 11) is 0. The molecule has 0 aromatic heterocycles. The molecule has 4 nitrogen and oxygen atoms in total. The molecular weight excluding hydrogens is 262 g/mol. The fraction of sp³-hybridized carbons (Fsp3) is 0.588. The number of nitrogens with zero attached hydrogens (tertiary/aromatic N) is 2. The van der Waals surface area contributed by atoms with E-state index in [0.717, 1.165) is 18.0 Å². The number of nitrogens with two attached hydrogens (primary N) is 1. The third-order valence-corrected chi connectivity index (χ3v) is 4.37. The number of amidine groups is 1. The summed E-state index contributed by atoms with van der Waals surface area (Å²) in [6.07, 6.45) is 6.65. The molecule has 21 heavy (non-hydrogen) atoms. The van der Waals surface area contributed by atoms with Crippen LogP contribution in [0.1, 0.15) is 50.2 Å². The summed E-state index contributed by atoms with van der Waals surface area (Å²) >= 11 is 0. The summed E-state index contributed by atoms with van der Waals surface area (Å²) in [5.74, 6) is 1.08. The molecule has 1 atom stereocenters. The minimum Gasteiger partial charge on any atom is -0.409 e. The maximum Gasteiger partial charge on any atom is 0.170 e. The van der Waals surface area contributed by atoms with Crippen molar-refractivity contribution in [2.24, 2.45) is 16.8 Å². The van der Waals surface area contributed by atoms with E-state index < -0.39 is 0 Å². The van der Waals surface area contributed by atoms with Gasteiger partial charge in [-0.1, -0.05) is 43.1 Å². The normalized spacial score (nSPS) is 21.2. The van der Waals surface area contributed by atoms with Gasteiger partial charge < -0.3 is 10.9 Å². The van der Waals surface area contributed by atoms with E-state index in [0.29, 0.717) is 0 Å². The van der Waals surface area contributed by atoms with Gasteiger partial charge in [-0.15, -0.1) is 0 Å². The van der Waals surface area contributed by atoms with Crippen molar-refractivity contribution in [1.29, 1.82) is 0 Å². The molecule has 4 heteroatoms. The fourth-order valence-electron chi connectivity index (χ4n) is 3.22. The molecule has 2 rings (SSSR count). The summed E-state index contributed by atoms with van der Waals surface area (Å²) in [5.41, 5.74) is 7.67.